The number of rotatable bonds is 3. The van der Waals surface area contributed by atoms with Gasteiger partial charge in [0.25, 0.3) is 0 Å². The molecule has 0 aliphatic carbocycles. The molecular formula is C16H33N5O2. The summed E-state index contributed by atoms with van der Waals surface area (Å²) in [6.07, 6.45) is -0.262. The van der Waals surface area contributed by atoms with Crippen LogP contribution in [0.2, 0.25) is 0 Å². The number of piperazine rings is 1. The Labute approximate surface area is 140 Å². The third-order valence-electron chi connectivity index (χ3n) is 3.30. The number of hydrogen-bond donors (Lipinski definition) is 2. The molecule has 1 heterocycles. The topological polar surface area (TPSA) is 83.2 Å². The van der Waals surface area contributed by atoms with Crippen molar-refractivity contribution in [3.05, 3.63) is 0 Å². The molecule has 0 spiro atoms. The van der Waals surface area contributed by atoms with Gasteiger partial charge in [-0.25, -0.2) is 4.79 Å². The Morgan fingerprint density at radius 3 is 2.09 bits per heavy atom. The molecule has 3 N–H and O–H groups in total. The fraction of sp³-hybridized carbons (Fsp3) is 0.875. The summed E-state index contributed by atoms with van der Waals surface area (Å²) in [7, 11) is 0. The van der Waals surface area contributed by atoms with Crippen molar-refractivity contribution in [2.75, 3.05) is 39.3 Å². The summed E-state index contributed by atoms with van der Waals surface area (Å²) in [6.45, 7) is 16.0. The van der Waals surface area contributed by atoms with Crippen molar-refractivity contribution >= 4 is 12.1 Å². The highest BCUT2D eigenvalue weighted by Gasteiger charge is 2.26. The van der Waals surface area contributed by atoms with Crippen molar-refractivity contribution in [2.24, 2.45) is 10.7 Å². The largest absolute Gasteiger partial charge is 0.444 e. The molecule has 0 radical (unpaired) electrons. The van der Waals surface area contributed by atoms with Gasteiger partial charge >= 0.3 is 6.09 Å². The molecule has 7 heteroatoms. The standard InChI is InChI=1S/C16H33N5O2/c1-15(2,3)19-8-7-18-13(17)20-9-11-21(12-10-20)14(22)23-16(4,5)6/h19H,7-12H2,1-6H3,(H2,17,18). The Bertz CT molecular complexity index is 415. The maximum absolute atomic E-state index is 12.0. The number of guanidine groups is 1. The second-order valence-electron chi connectivity index (χ2n) is 7.87. The van der Waals surface area contributed by atoms with E-state index >= 15 is 0 Å². The Morgan fingerprint density at radius 1 is 1.09 bits per heavy atom. The lowest BCUT2D eigenvalue weighted by Crippen LogP contribution is -2.53. The zero-order valence-electron chi connectivity index (χ0n) is 15.5. The van der Waals surface area contributed by atoms with Crippen molar-refractivity contribution in [3.8, 4) is 0 Å². The fourth-order valence-corrected chi connectivity index (χ4v) is 2.15. The first-order valence-corrected chi connectivity index (χ1v) is 8.26. The Morgan fingerprint density at radius 2 is 1.61 bits per heavy atom. The normalized spacial score (nSPS) is 17.4. The van der Waals surface area contributed by atoms with Gasteiger partial charge in [-0.2, -0.15) is 0 Å². The molecule has 23 heavy (non-hydrogen) atoms. The van der Waals surface area contributed by atoms with E-state index in [-0.39, 0.29) is 11.6 Å². The van der Waals surface area contributed by atoms with Gasteiger partial charge in [-0.1, -0.05) is 0 Å². The first kappa shape index (κ1) is 19.5. The molecule has 1 amide bonds. The van der Waals surface area contributed by atoms with Crippen molar-refractivity contribution in [2.45, 2.75) is 52.7 Å². The van der Waals surface area contributed by atoms with Crippen LogP contribution in [0.5, 0.6) is 0 Å². The minimum absolute atomic E-state index is 0.0866. The second kappa shape index (κ2) is 7.86. The molecule has 1 saturated heterocycles. The first-order valence-electron chi connectivity index (χ1n) is 8.26. The van der Waals surface area contributed by atoms with Gasteiger partial charge in [0.05, 0.1) is 6.54 Å². The number of carbonyl (C=O) groups excluding carboxylic acids is 1. The first-order chi connectivity index (χ1) is 10.5. The molecular weight excluding hydrogens is 294 g/mol. The molecule has 1 fully saturated rings. The summed E-state index contributed by atoms with van der Waals surface area (Å²) >= 11 is 0. The van der Waals surface area contributed by atoms with E-state index in [1.807, 2.05) is 25.7 Å². The SMILES string of the molecule is CC(C)(C)NCCN=C(N)N1CCN(C(=O)OC(C)(C)C)CC1. The van der Waals surface area contributed by atoms with Gasteiger partial charge in [-0.15, -0.1) is 0 Å². The van der Waals surface area contributed by atoms with Gasteiger partial charge in [0, 0.05) is 38.3 Å². The molecule has 1 rings (SSSR count). The molecule has 0 bridgehead atoms. The van der Waals surface area contributed by atoms with Crippen molar-refractivity contribution in [1.82, 2.24) is 15.1 Å². The van der Waals surface area contributed by atoms with E-state index in [1.165, 1.54) is 0 Å². The summed E-state index contributed by atoms with van der Waals surface area (Å²) in [6, 6.07) is 0. The van der Waals surface area contributed by atoms with Crippen LogP contribution in [0.3, 0.4) is 0 Å². The minimum Gasteiger partial charge on any atom is -0.444 e. The number of nitrogens with two attached hydrogens (primary N) is 1. The summed E-state index contributed by atoms with van der Waals surface area (Å²) in [5.74, 6) is 0.546. The lowest BCUT2D eigenvalue weighted by atomic mass is 10.1. The van der Waals surface area contributed by atoms with E-state index < -0.39 is 5.60 Å². The highest BCUT2D eigenvalue weighted by atomic mass is 16.6. The van der Waals surface area contributed by atoms with Crippen molar-refractivity contribution in [1.29, 1.82) is 0 Å². The Kier molecular flexibility index (Phi) is 6.68. The number of nitrogens with zero attached hydrogens (tertiary/aromatic N) is 3. The maximum Gasteiger partial charge on any atom is 0.410 e. The van der Waals surface area contributed by atoms with Crippen LogP contribution in [-0.4, -0.2) is 72.3 Å². The van der Waals surface area contributed by atoms with E-state index in [0.29, 0.717) is 38.7 Å². The van der Waals surface area contributed by atoms with E-state index in [9.17, 15) is 4.79 Å². The molecule has 0 atom stereocenters. The number of carbonyl (C=O) groups is 1. The number of amides is 1. The van der Waals surface area contributed by atoms with Gasteiger partial charge < -0.3 is 25.6 Å². The van der Waals surface area contributed by atoms with Crippen LogP contribution in [0.15, 0.2) is 4.99 Å². The molecule has 134 valence electrons. The van der Waals surface area contributed by atoms with Crippen LogP contribution >= 0.6 is 0 Å². The molecule has 0 unspecified atom stereocenters. The summed E-state index contributed by atoms with van der Waals surface area (Å²) in [4.78, 5) is 20.1. The van der Waals surface area contributed by atoms with Gasteiger partial charge in [-0.3, -0.25) is 4.99 Å². The number of aliphatic imine (C=N–C) groups is 1. The van der Waals surface area contributed by atoms with Crippen LogP contribution in [0.25, 0.3) is 0 Å². The van der Waals surface area contributed by atoms with Crippen LogP contribution in [-0.2, 0) is 4.74 Å². The van der Waals surface area contributed by atoms with E-state index in [2.05, 4.69) is 31.1 Å². The molecule has 0 saturated carbocycles. The van der Waals surface area contributed by atoms with Crippen LogP contribution in [0.1, 0.15) is 41.5 Å². The van der Waals surface area contributed by atoms with Crippen molar-refractivity contribution < 1.29 is 9.53 Å². The quantitative estimate of drug-likeness (QED) is 0.463. The Balaban J connectivity index is 2.36. The number of hydrogen-bond acceptors (Lipinski definition) is 4. The van der Waals surface area contributed by atoms with E-state index in [1.54, 1.807) is 4.90 Å². The summed E-state index contributed by atoms with van der Waals surface area (Å²) in [5.41, 5.74) is 5.66. The lowest BCUT2D eigenvalue weighted by Gasteiger charge is -2.36. The zero-order valence-corrected chi connectivity index (χ0v) is 15.5. The highest BCUT2D eigenvalue weighted by molar-refractivity contribution is 5.78. The third-order valence-corrected chi connectivity index (χ3v) is 3.30. The monoisotopic (exact) mass is 327 g/mol. The smallest absolute Gasteiger partial charge is 0.410 e. The third kappa shape index (κ3) is 8.06. The van der Waals surface area contributed by atoms with Gasteiger partial charge in [-0.05, 0) is 41.5 Å². The van der Waals surface area contributed by atoms with Crippen LogP contribution in [0, 0.1) is 0 Å². The predicted molar refractivity (Wildman–Crippen MR) is 93.6 cm³/mol. The van der Waals surface area contributed by atoms with Gasteiger partial charge in [0.15, 0.2) is 5.96 Å². The minimum atomic E-state index is -0.464. The molecule has 7 nitrogen and oxygen atoms in total. The van der Waals surface area contributed by atoms with Crippen LogP contribution < -0.4 is 11.1 Å². The maximum atomic E-state index is 12.0. The molecule has 1 aliphatic heterocycles. The van der Waals surface area contributed by atoms with E-state index in [0.717, 1.165) is 6.54 Å². The average molecular weight is 327 g/mol. The Hall–Kier alpha value is -1.50. The number of nitrogens with one attached hydrogen (secondary N) is 1. The summed E-state index contributed by atoms with van der Waals surface area (Å²) < 4.78 is 5.38. The highest BCUT2D eigenvalue weighted by Crippen LogP contribution is 2.11. The average Bonchev–Trinajstić information content (AvgIpc) is 2.40. The lowest BCUT2D eigenvalue weighted by molar-refractivity contribution is 0.0186. The molecule has 0 aromatic carbocycles. The fourth-order valence-electron chi connectivity index (χ4n) is 2.15. The van der Waals surface area contributed by atoms with Gasteiger partial charge in [0.2, 0.25) is 0 Å². The molecule has 0 aromatic rings. The molecule has 0 aromatic heterocycles. The molecule has 1 aliphatic rings. The van der Waals surface area contributed by atoms with Gasteiger partial charge in [0.1, 0.15) is 5.60 Å². The van der Waals surface area contributed by atoms with Crippen molar-refractivity contribution in [3.63, 3.8) is 0 Å². The number of ether oxygens (including phenoxy) is 1. The predicted octanol–water partition coefficient (Wildman–Crippen LogP) is 1.24. The van der Waals surface area contributed by atoms with E-state index in [4.69, 9.17) is 10.5 Å². The summed E-state index contributed by atoms with van der Waals surface area (Å²) in [5, 5.41) is 3.37. The zero-order chi connectivity index (χ0) is 17.7. The van der Waals surface area contributed by atoms with Crippen LogP contribution in [0.4, 0.5) is 4.79 Å². The second-order valence-corrected chi connectivity index (χ2v) is 7.87.